The number of fused-ring (bicyclic) bond motifs is 1. The van der Waals surface area contributed by atoms with Gasteiger partial charge in [0.1, 0.15) is 0 Å². The monoisotopic (exact) mass is 512 g/mol. The lowest BCUT2D eigenvalue weighted by molar-refractivity contribution is 0.0681. The van der Waals surface area contributed by atoms with Crippen molar-refractivity contribution in [3.8, 4) is 0 Å². The minimum atomic E-state index is -0.0954. The number of aromatic nitrogens is 2. The van der Waals surface area contributed by atoms with Crippen LogP contribution in [0.2, 0.25) is 0 Å². The maximum Gasteiger partial charge on any atom is 0.253 e. The van der Waals surface area contributed by atoms with Crippen LogP contribution in [0.3, 0.4) is 0 Å². The normalized spacial score (nSPS) is 14.6. The van der Waals surface area contributed by atoms with E-state index in [2.05, 4.69) is 21.2 Å². The molecule has 1 aliphatic rings. The Labute approximate surface area is 202 Å². The molecule has 33 heavy (non-hydrogen) atoms. The van der Waals surface area contributed by atoms with Crippen LogP contribution in [0.5, 0.6) is 0 Å². The number of nitrogens with zero attached hydrogens (tertiary/aromatic N) is 3. The van der Waals surface area contributed by atoms with Crippen molar-refractivity contribution in [2.45, 2.75) is 26.3 Å². The molecule has 3 aromatic rings. The number of benzene rings is 2. The molecule has 8 heteroatoms. The number of nitrogens with one attached hydrogen (secondary N) is 1. The number of carbonyl (C=O) groups excluding carboxylic acids is 2. The average molecular weight is 513 g/mol. The summed E-state index contributed by atoms with van der Waals surface area (Å²) < 4.78 is 7.96. The highest BCUT2D eigenvalue weighted by atomic mass is 79.9. The molecule has 2 heterocycles. The maximum absolute atomic E-state index is 12.8. The fraction of sp³-hybridized carbons (Fsp3) is 0.400. The van der Waals surface area contributed by atoms with Crippen molar-refractivity contribution in [1.82, 2.24) is 20.0 Å². The summed E-state index contributed by atoms with van der Waals surface area (Å²) in [7, 11) is 1.61. The molecule has 4 rings (SSSR count). The number of hydrogen-bond donors (Lipinski definition) is 1. The zero-order valence-corrected chi connectivity index (χ0v) is 20.6. The minimum absolute atomic E-state index is 0.0951. The molecule has 7 nitrogen and oxygen atoms in total. The zero-order chi connectivity index (χ0) is 23.4. The highest BCUT2D eigenvalue weighted by Crippen LogP contribution is 2.25. The summed E-state index contributed by atoms with van der Waals surface area (Å²) in [6.45, 7) is 5.25. The Balaban J connectivity index is 1.37. The highest BCUT2D eigenvalue weighted by Gasteiger charge is 2.24. The number of hydrogen-bond acceptors (Lipinski definition) is 4. The van der Waals surface area contributed by atoms with E-state index in [-0.39, 0.29) is 11.8 Å². The van der Waals surface area contributed by atoms with Crippen LogP contribution in [0.25, 0.3) is 10.9 Å². The first kappa shape index (κ1) is 23.4. The molecule has 0 aliphatic carbocycles. The number of rotatable bonds is 7. The van der Waals surface area contributed by atoms with Crippen molar-refractivity contribution < 1.29 is 14.3 Å². The number of halogens is 1. The molecule has 1 fully saturated rings. The average Bonchev–Trinajstić information content (AvgIpc) is 3.23. The van der Waals surface area contributed by atoms with E-state index >= 15 is 0 Å². The Morgan fingerprint density at radius 2 is 1.88 bits per heavy atom. The third-order valence-electron chi connectivity index (χ3n) is 6.28. The maximum atomic E-state index is 12.8. The van der Waals surface area contributed by atoms with E-state index in [1.54, 1.807) is 7.11 Å². The van der Waals surface area contributed by atoms with Crippen LogP contribution in [-0.2, 0) is 11.3 Å². The second-order valence-electron chi connectivity index (χ2n) is 8.51. The van der Waals surface area contributed by atoms with Gasteiger partial charge in [-0.15, -0.1) is 0 Å². The number of aryl methyl sites for hydroxylation is 1. The van der Waals surface area contributed by atoms with Crippen molar-refractivity contribution in [1.29, 1.82) is 0 Å². The Bertz CT molecular complexity index is 1130. The molecule has 0 spiro atoms. The van der Waals surface area contributed by atoms with Gasteiger partial charge in [0.15, 0.2) is 0 Å². The SMILES string of the molecule is COCCNC(=O)c1ccc2nn(CC3CCN(C(=O)c4ccc(Br)cc4)CC3)cc2c1C. The van der Waals surface area contributed by atoms with Gasteiger partial charge in [-0.05, 0) is 67.6 Å². The quantitative estimate of drug-likeness (QED) is 0.484. The first-order valence-corrected chi connectivity index (χ1v) is 12.0. The van der Waals surface area contributed by atoms with Crippen LogP contribution >= 0.6 is 15.9 Å². The lowest BCUT2D eigenvalue weighted by Gasteiger charge is -2.32. The van der Waals surface area contributed by atoms with E-state index in [9.17, 15) is 9.59 Å². The Morgan fingerprint density at radius 3 is 2.58 bits per heavy atom. The van der Waals surface area contributed by atoms with Crippen LogP contribution in [0, 0.1) is 12.8 Å². The van der Waals surface area contributed by atoms with Crippen molar-refractivity contribution in [3.63, 3.8) is 0 Å². The number of ether oxygens (including phenoxy) is 1. The number of amides is 2. The number of methoxy groups -OCH3 is 1. The van der Waals surface area contributed by atoms with Crippen LogP contribution in [0.4, 0.5) is 0 Å². The van der Waals surface area contributed by atoms with E-state index in [4.69, 9.17) is 9.84 Å². The molecule has 0 unspecified atom stereocenters. The molecular weight excluding hydrogens is 484 g/mol. The Hall–Kier alpha value is -2.71. The van der Waals surface area contributed by atoms with Crippen molar-refractivity contribution in [3.05, 3.63) is 63.8 Å². The summed E-state index contributed by atoms with van der Waals surface area (Å²) in [6, 6.07) is 11.3. The minimum Gasteiger partial charge on any atom is -0.383 e. The molecule has 1 N–H and O–H groups in total. The first-order valence-electron chi connectivity index (χ1n) is 11.2. The fourth-order valence-corrected chi connectivity index (χ4v) is 4.60. The zero-order valence-electron chi connectivity index (χ0n) is 19.0. The van der Waals surface area contributed by atoms with Gasteiger partial charge in [-0.2, -0.15) is 5.10 Å². The molecule has 1 aliphatic heterocycles. The second-order valence-corrected chi connectivity index (χ2v) is 9.43. The van der Waals surface area contributed by atoms with E-state index in [1.165, 1.54) is 0 Å². The second kappa shape index (κ2) is 10.5. The van der Waals surface area contributed by atoms with E-state index < -0.39 is 0 Å². The molecule has 0 bridgehead atoms. The van der Waals surface area contributed by atoms with Gasteiger partial charge >= 0.3 is 0 Å². The van der Waals surface area contributed by atoms with Crippen molar-refractivity contribution in [2.24, 2.45) is 5.92 Å². The molecule has 1 aromatic heterocycles. The molecule has 1 saturated heterocycles. The summed E-state index contributed by atoms with van der Waals surface area (Å²) in [5.41, 5.74) is 3.22. The van der Waals surface area contributed by atoms with Gasteiger partial charge in [-0.1, -0.05) is 15.9 Å². The van der Waals surface area contributed by atoms with Crippen molar-refractivity contribution in [2.75, 3.05) is 33.4 Å². The third kappa shape index (κ3) is 5.45. The first-order chi connectivity index (χ1) is 16.0. The summed E-state index contributed by atoms with van der Waals surface area (Å²) in [4.78, 5) is 27.2. The van der Waals surface area contributed by atoms with E-state index in [0.29, 0.717) is 24.6 Å². The molecule has 0 saturated carbocycles. The Morgan fingerprint density at radius 1 is 1.15 bits per heavy atom. The Kier molecular flexibility index (Phi) is 7.45. The predicted molar refractivity (Wildman–Crippen MR) is 131 cm³/mol. The largest absolute Gasteiger partial charge is 0.383 e. The fourth-order valence-electron chi connectivity index (χ4n) is 4.34. The van der Waals surface area contributed by atoms with Gasteiger partial charge in [0, 0.05) is 60.5 Å². The number of piperidine rings is 1. The van der Waals surface area contributed by atoms with Gasteiger partial charge in [-0.25, -0.2) is 0 Å². The lowest BCUT2D eigenvalue weighted by atomic mass is 9.96. The summed E-state index contributed by atoms with van der Waals surface area (Å²) in [6.07, 6.45) is 3.94. The van der Waals surface area contributed by atoms with Crippen LogP contribution in [0.15, 0.2) is 47.1 Å². The predicted octanol–water partition coefficient (Wildman–Crippen LogP) is 4.04. The molecular formula is C25H29BrN4O3. The van der Waals surface area contributed by atoms with Crippen LogP contribution in [0.1, 0.15) is 39.1 Å². The topological polar surface area (TPSA) is 76.5 Å². The third-order valence-corrected chi connectivity index (χ3v) is 6.81. The smallest absolute Gasteiger partial charge is 0.253 e. The molecule has 2 amide bonds. The van der Waals surface area contributed by atoms with E-state index in [1.807, 2.05) is 59.1 Å². The number of carbonyl (C=O) groups is 2. The molecule has 0 atom stereocenters. The van der Waals surface area contributed by atoms with Crippen LogP contribution < -0.4 is 5.32 Å². The summed E-state index contributed by atoms with van der Waals surface area (Å²) in [5, 5.41) is 8.61. The lowest BCUT2D eigenvalue weighted by Crippen LogP contribution is -2.39. The van der Waals surface area contributed by atoms with Gasteiger partial charge in [0.05, 0.1) is 12.1 Å². The molecule has 2 aromatic carbocycles. The van der Waals surface area contributed by atoms with Gasteiger partial charge in [-0.3, -0.25) is 14.3 Å². The standard InChI is InChI=1S/C25H29BrN4O3/c1-17-21(24(31)27-11-14-33-2)7-8-23-22(17)16-30(28-23)15-18-9-12-29(13-10-18)25(32)19-3-5-20(26)6-4-19/h3-8,16,18H,9-15H2,1-2H3,(H,27,31). The van der Waals surface area contributed by atoms with Gasteiger partial charge < -0.3 is 15.0 Å². The van der Waals surface area contributed by atoms with Crippen molar-refractivity contribution >= 4 is 38.6 Å². The highest BCUT2D eigenvalue weighted by molar-refractivity contribution is 9.10. The van der Waals surface area contributed by atoms with Crippen LogP contribution in [-0.4, -0.2) is 59.8 Å². The molecule has 0 radical (unpaired) electrons. The summed E-state index contributed by atoms with van der Waals surface area (Å²) in [5.74, 6) is 0.463. The van der Waals surface area contributed by atoms with Gasteiger partial charge in [0.2, 0.25) is 0 Å². The van der Waals surface area contributed by atoms with Gasteiger partial charge in [0.25, 0.3) is 11.8 Å². The summed E-state index contributed by atoms with van der Waals surface area (Å²) >= 11 is 3.41. The molecule has 174 valence electrons. The number of likely N-dealkylation sites (tertiary alicyclic amines) is 1. The van der Waals surface area contributed by atoms with E-state index in [0.717, 1.165) is 59.0 Å².